The Morgan fingerprint density at radius 1 is 1.16 bits per heavy atom. The van der Waals surface area contributed by atoms with Gasteiger partial charge in [-0.05, 0) is 79.0 Å². The Kier molecular flexibility index (Phi) is 10.4. The van der Waals surface area contributed by atoms with Gasteiger partial charge in [-0.3, -0.25) is 23.9 Å². The van der Waals surface area contributed by atoms with Gasteiger partial charge in [0.15, 0.2) is 5.78 Å². The Morgan fingerprint density at radius 2 is 1.90 bits per heavy atom. The fourth-order valence-corrected chi connectivity index (χ4v) is 9.39. The van der Waals surface area contributed by atoms with E-state index in [0.29, 0.717) is 38.2 Å². The van der Waals surface area contributed by atoms with Crippen molar-refractivity contribution < 1.29 is 37.1 Å². The number of rotatable bonds is 7. The zero-order valence-electron chi connectivity index (χ0n) is 30.8. The first-order valence-electron chi connectivity index (χ1n) is 18.6. The van der Waals surface area contributed by atoms with Gasteiger partial charge >= 0.3 is 0 Å². The summed E-state index contributed by atoms with van der Waals surface area (Å²) in [6.07, 6.45) is 4.74. The van der Waals surface area contributed by atoms with Crippen LogP contribution < -0.4 is 9.46 Å². The van der Waals surface area contributed by atoms with Crippen molar-refractivity contribution in [2.45, 2.75) is 117 Å². The van der Waals surface area contributed by atoms with E-state index < -0.39 is 56.0 Å². The Morgan fingerprint density at radius 3 is 2.57 bits per heavy atom. The quantitative estimate of drug-likeness (QED) is 0.412. The minimum absolute atomic E-state index is 0.00367. The number of aryl methyl sites for hydroxylation is 2. The second-order valence-corrected chi connectivity index (χ2v) is 18.5. The van der Waals surface area contributed by atoms with Crippen molar-refractivity contribution in [3.63, 3.8) is 0 Å². The standard InChI is InChI=1S/C39H53N3O8S/c1-7-27-19-39(27,37(46)41-51(47,48)29-10-11-29)20-34(44)32-17-28-21-42(32)36(45)31(38(4,5)6)18-33(43)24(3)22-49-14-8-9-25-16-30-26(15-23(25)2)12-13-40-35(30)50-28/h12-13,15-16,24,27-29,31-32H,7-11,14,17-22H2,1-6H3,(H,41,46)/t24-,27+,28+,31+,32-,39+/m0/s1. The van der Waals surface area contributed by atoms with Crippen LogP contribution in [0.4, 0.5) is 0 Å². The normalized spacial score (nSPS) is 29.4. The van der Waals surface area contributed by atoms with Gasteiger partial charge in [-0.15, -0.1) is 0 Å². The van der Waals surface area contributed by atoms with Gasteiger partial charge in [0.1, 0.15) is 11.9 Å². The highest BCUT2D eigenvalue weighted by atomic mass is 32.2. The van der Waals surface area contributed by atoms with Crippen molar-refractivity contribution in [2.75, 3.05) is 19.8 Å². The molecule has 6 atom stereocenters. The predicted molar refractivity (Wildman–Crippen MR) is 192 cm³/mol. The number of pyridine rings is 1. The molecular formula is C39H53N3O8S. The molecule has 0 spiro atoms. The number of carbonyl (C=O) groups excluding carboxylic acids is 4. The van der Waals surface area contributed by atoms with Crippen molar-refractivity contribution in [3.05, 3.63) is 35.5 Å². The van der Waals surface area contributed by atoms with E-state index in [2.05, 4.69) is 28.8 Å². The van der Waals surface area contributed by atoms with Crippen molar-refractivity contribution in [3.8, 4) is 5.88 Å². The molecule has 1 N–H and O–H groups in total. The molecular weight excluding hydrogens is 671 g/mol. The van der Waals surface area contributed by atoms with Gasteiger partial charge in [-0.1, -0.05) is 47.1 Å². The fourth-order valence-electron chi connectivity index (χ4n) is 8.00. The lowest BCUT2D eigenvalue weighted by molar-refractivity contribution is -0.147. The summed E-state index contributed by atoms with van der Waals surface area (Å²) in [4.78, 5) is 62.4. The summed E-state index contributed by atoms with van der Waals surface area (Å²) in [7, 11) is -3.80. The lowest BCUT2D eigenvalue weighted by Crippen LogP contribution is -2.49. The monoisotopic (exact) mass is 723 g/mol. The van der Waals surface area contributed by atoms with E-state index >= 15 is 0 Å². The average molecular weight is 724 g/mol. The largest absolute Gasteiger partial charge is 0.472 e. The molecule has 3 heterocycles. The lowest BCUT2D eigenvalue weighted by Gasteiger charge is -2.35. The minimum Gasteiger partial charge on any atom is -0.472 e. The van der Waals surface area contributed by atoms with E-state index in [1.807, 2.05) is 40.7 Å². The zero-order valence-corrected chi connectivity index (χ0v) is 31.6. The van der Waals surface area contributed by atoms with Gasteiger partial charge in [-0.25, -0.2) is 13.4 Å². The number of sulfonamides is 1. The number of benzene rings is 1. The summed E-state index contributed by atoms with van der Waals surface area (Å²) in [5.41, 5.74) is 0.533. The maximum Gasteiger partial charge on any atom is 0.240 e. The number of nitrogens with zero attached hydrogens (tertiary/aromatic N) is 2. The summed E-state index contributed by atoms with van der Waals surface area (Å²) in [6, 6.07) is 5.22. The number of ether oxygens (including phenoxy) is 2. The number of amides is 2. The van der Waals surface area contributed by atoms with Crippen LogP contribution in [0.2, 0.25) is 0 Å². The van der Waals surface area contributed by atoms with E-state index in [-0.39, 0.29) is 55.8 Å². The van der Waals surface area contributed by atoms with Crippen molar-refractivity contribution in [2.24, 2.45) is 28.6 Å². The highest BCUT2D eigenvalue weighted by Gasteiger charge is 2.62. The van der Waals surface area contributed by atoms with Crippen LogP contribution in [0.3, 0.4) is 0 Å². The Balaban J connectivity index is 1.34. The molecule has 2 aliphatic carbocycles. The number of carbonyl (C=O) groups is 4. The highest BCUT2D eigenvalue weighted by Crippen LogP contribution is 2.58. The summed E-state index contributed by atoms with van der Waals surface area (Å²) in [5, 5.41) is 1.25. The molecule has 3 fully saturated rings. The first-order chi connectivity index (χ1) is 24.0. The number of aromatic nitrogens is 1. The second-order valence-electron chi connectivity index (χ2n) is 16.6. The predicted octanol–water partition coefficient (Wildman–Crippen LogP) is 5.10. The molecule has 2 amide bonds. The van der Waals surface area contributed by atoms with Crippen molar-refractivity contribution >= 4 is 44.2 Å². The SMILES string of the molecule is CC[C@@H]1C[C@]1(CC(=O)[C@@H]1C[C@@H]2CN1C(=O)[C@H](C(C)(C)C)CC(=O)[C@@H](C)COCCCc1cc3c(nccc3cc1C)O2)C(=O)NS(=O)(=O)C1CC1. The molecule has 4 bridgehead atoms. The molecule has 0 unspecified atom stereocenters. The van der Waals surface area contributed by atoms with E-state index in [1.54, 1.807) is 11.1 Å². The smallest absolute Gasteiger partial charge is 0.240 e. The topological polar surface area (TPSA) is 149 Å². The van der Waals surface area contributed by atoms with Crippen LogP contribution >= 0.6 is 0 Å². The van der Waals surface area contributed by atoms with E-state index in [9.17, 15) is 27.6 Å². The molecule has 1 saturated heterocycles. The van der Waals surface area contributed by atoms with Crippen LogP contribution in [0.15, 0.2) is 24.4 Å². The van der Waals surface area contributed by atoms with Crippen LogP contribution in [0.25, 0.3) is 10.8 Å². The highest BCUT2D eigenvalue weighted by molar-refractivity contribution is 7.90. The van der Waals surface area contributed by atoms with Gasteiger partial charge in [0.2, 0.25) is 27.7 Å². The molecule has 2 saturated carbocycles. The summed E-state index contributed by atoms with van der Waals surface area (Å²) < 4.78 is 40.3. The minimum atomic E-state index is -3.80. The molecule has 12 heteroatoms. The third-order valence-corrected chi connectivity index (χ3v) is 13.5. The number of hydrogen-bond donors (Lipinski definition) is 1. The van der Waals surface area contributed by atoms with Crippen molar-refractivity contribution in [1.29, 1.82) is 0 Å². The van der Waals surface area contributed by atoms with E-state index in [4.69, 9.17) is 9.47 Å². The molecule has 0 radical (unpaired) electrons. The Labute approximate surface area is 301 Å². The Hall–Kier alpha value is -3.38. The van der Waals surface area contributed by atoms with Crippen molar-refractivity contribution in [1.82, 2.24) is 14.6 Å². The van der Waals surface area contributed by atoms with Gasteiger partial charge < -0.3 is 14.4 Å². The third kappa shape index (κ3) is 7.87. The maximum atomic E-state index is 14.6. The molecule has 11 nitrogen and oxygen atoms in total. The number of nitrogens with one attached hydrogen (secondary N) is 1. The number of ketones is 2. The molecule has 2 aliphatic heterocycles. The number of hydrogen-bond acceptors (Lipinski definition) is 9. The molecule has 278 valence electrons. The zero-order chi connectivity index (χ0) is 36.9. The van der Waals surface area contributed by atoms with Gasteiger partial charge in [0.05, 0.1) is 29.9 Å². The van der Waals surface area contributed by atoms with Crippen LogP contribution in [0.1, 0.15) is 97.1 Å². The van der Waals surface area contributed by atoms with Gasteiger partial charge in [0.25, 0.3) is 0 Å². The van der Waals surface area contributed by atoms with Crippen LogP contribution in [-0.4, -0.2) is 78.8 Å². The van der Waals surface area contributed by atoms with E-state index in [0.717, 1.165) is 34.7 Å². The first-order valence-corrected chi connectivity index (χ1v) is 20.1. The Bertz CT molecular complexity index is 1820. The van der Waals surface area contributed by atoms with Gasteiger partial charge in [-0.2, -0.15) is 0 Å². The third-order valence-electron chi connectivity index (χ3n) is 11.6. The molecule has 6 rings (SSSR count). The fraction of sp³-hybridized carbons (Fsp3) is 0.667. The number of Topliss-reactive ketones (excluding diaryl/α,β-unsaturated/α-hetero) is 2. The first kappa shape index (κ1) is 37.4. The van der Waals surface area contributed by atoms with E-state index in [1.165, 1.54) is 0 Å². The maximum absolute atomic E-state index is 14.6. The average Bonchev–Trinajstić information content (AvgIpc) is 3.99. The van der Waals surface area contributed by atoms with Gasteiger partial charge in [0, 0.05) is 49.3 Å². The summed E-state index contributed by atoms with van der Waals surface area (Å²) in [6.45, 7) is 12.5. The summed E-state index contributed by atoms with van der Waals surface area (Å²) >= 11 is 0. The van der Waals surface area contributed by atoms with Crippen LogP contribution in [0, 0.1) is 35.5 Å². The van der Waals surface area contributed by atoms with Crippen LogP contribution in [-0.2, 0) is 40.4 Å². The lowest BCUT2D eigenvalue weighted by atomic mass is 9.75. The summed E-state index contributed by atoms with van der Waals surface area (Å²) in [5.74, 6) is -2.16. The molecule has 1 aromatic carbocycles. The second kappa shape index (κ2) is 14.2. The molecule has 2 aromatic rings. The number of fused-ring (bicyclic) bond motifs is 3. The van der Waals surface area contributed by atoms with Crippen LogP contribution in [0.5, 0.6) is 5.88 Å². The molecule has 51 heavy (non-hydrogen) atoms. The molecule has 1 aromatic heterocycles. The molecule has 4 aliphatic rings.